The molecule has 1 aliphatic rings. The molecule has 1 amide bonds. The summed E-state index contributed by atoms with van der Waals surface area (Å²) >= 11 is 5.67. The highest BCUT2D eigenvalue weighted by atomic mass is 35.5. The molecule has 1 unspecified atom stereocenters. The third-order valence-corrected chi connectivity index (χ3v) is 10.2. The molecule has 0 saturated carbocycles. The number of benzene rings is 3. The molecule has 0 radical (unpaired) electrons. The lowest BCUT2D eigenvalue weighted by molar-refractivity contribution is -0.137. The number of sulfonamides is 1. The van der Waals surface area contributed by atoms with Crippen LogP contribution in [-0.4, -0.2) is 33.4 Å². The van der Waals surface area contributed by atoms with E-state index in [4.69, 9.17) is 11.6 Å². The number of nitrogens with one attached hydrogen (secondary N) is 3. The lowest BCUT2D eigenvalue weighted by Gasteiger charge is -2.32. The zero-order valence-electron chi connectivity index (χ0n) is 21.2. The van der Waals surface area contributed by atoms with Crippen LogP contribution in [-0.2, 0) is 27.4 Å². The monoisotopic (exact) mass is 639 g/mol. The first kappa shape index (κ1) is 29.8. The van der Waals surface area contributed by atoms with Gasteiger partial charge in [-0.15, -0.1) is 10.8 Å². The van der Waals surface area contributed by atoms with Crippen molar-refractivity contribution in [3.8, 4) is 6.07 Å². The number of hydrogen-bond acceptors (Lipinski definition) is 7. The predicted molar refractivity (Wildman–Crippen MR) is 149 cm³/mol. The molecule has 1 saturated heterocycles. The number of amides is 1. The van der Waals surface area contributed by atoms with Crippen molar-refractivity contribution in [2.24, 2.45) is 0 Å². The van der Waals surface area contributed by atoms with Gasteiger partial charge in [-0.3, -0.25) is 18.6 Å². The first-order valence-electron chi connectivity index (χ1n) is 12.1. The second kappa shape index (κ2) is 10.9. The number of alkyl halides is 3. The fraction of sp³-hybridized carbons (Fsp3) is 0.192. The summed E-state index contributed by atoms with van der Waals surface area (Å²) in [6, 6.07) is 14.1. The van der Waals surface area contributed by atoms with Gasteiger partial charge in [0.25, 0.3) is 0 Å². The van der Waals surface area contributed by atoms with Gasteiger partial charge >= 0.3 is 6.18 Å². The first-order valence-corrected chi connectivity index (χ1v) is 15.6. The normalized spacial score (nSPS) is 18.4. The Morgan fingerprint density at radius 2 is 1.86 bits per heavy atom. The summed E-state index contributed by atoms with van der Waals surface area (Å²) < 4.78 is 92.0. The molecule has 16 heteroatoms. The number of H-pyrrole nitrogens is 1. The van der Waals surface area contributed by atoms with Gasteiger partial charge in [0.15, 0.2) is 0 Å². The molecule has 5 N–H and O–H groups in total. The summed E-state index contributed by atoms with van der Waals surface area (Å²) in [6.45, 7) is 0. The Morgan fingerprint density at radius 1 is 1.14 bits per heavy atom. The lowest BCUT2D eigenvalue weighted by atomic mass is 10.0. The summed E-state index contributed by atoms with van der Waals surface area (Å²) in [4.78, 5) is 18.5. The number of hydrogen-bond donors (Lipinski definition) is 5. The summed E-state index contributed by atoms with van der Waals surface area (Å²) in [5.41, 5.74) is 0.930. The number of carbonyl (C=O) groups is 1. The molecule has 2 heterocycles. The number of fused-ring (bicyclic) bond motifs is 1. The Kier molecular flexibility index (Phi) is 7.73. The van der Waals surface area contributed by atoms with Crippen molar-refractivity contribution in [1.82, 2.24) is 19.4 Å². The number of nitrogens with zero attached hydrogens (tertiary/aromatic N) is 2. The van der Waals surface area contributed by atoms with Crippen LogP contribution in [0.2, 0.25) is 5.02 Å². The molecule has 1 aliphatic heterocycles. The second-order valence-corrected chi connectivity index (χ2v) is 13.6. The lowest BCUT2D eigenvalue weighted by Crippen LogP contribution is -2.31. The van der Waals surface area contributed by atoms with Crippen LogP contribution in [0, 0.1) is 11.3 Å². The van der Waals surface area contributed by atoms with Crippen LogP contribution in [0.5, 0.6) is 0 Å². The van der Waals surface area contributed by atoms with Crippen LogP contribution >= 0.6 is 22.4 Å². The van der Waals surface area contributed by atoms with E-state index in [1.807, 2.05) is 6.07 Å². The zero-order chi connectivity index (χ0) is 30.4. The molecule has 0 bridgehead atoms. The molecule has 42 heavy (non-hydrogen) atoms. The van der Waals surface area contributed by atoms with Crippen molar-refractivity contribution >= 4 is 49.3 Å². The van der Waals surface area contributed by atoms with E-state index in [2.05, 4.69) is 19.4 Å². The molecule has 0 spiro atoms. The van der Waals surface area contributed by atoms with Crippen LogP contribution in [0.15, 0.2) is 65.6 Å². The number of nitriles is 1. The number of aromatic amines is 1. The highest BCUT2D eigenvalue weighted by Gasteiger charge is 2.38. The average molecular weight is 640 g/mol. The van der Waals surface area contributed by atoms with Gasteiger partial charge in [-0.05, 0) is 53.9 Å². The van der Waals surface area contributed by atoms with Crippen LogP contribution in [0.25, 0.3) is 11.0 Å². The predicted octanol–water partition coefficient (Wildman–Crippen LogP) is 5.60. The topological polar surface area (TPSA) is 168 Å². The molecule has 10 nitrogen and oxygen atoms in total. The molecule has 1 aromatic heterocycles. The molecule has 220 valence electrons. The van der Waals surface area contributed by atoms with Gasteiger partial charge in [0.05, 0.1) is 50.6 Å². The maximum atomic E-state index is 13.4. The van der Waals surface area contributed by atoms with E-state index in [9.17, 15) is 40.8 Å². The number of carbonyl (C=O) groups excluding carboxylic acids is 1. The van der Waals surface area contributed by atoms with Gasteiger partial charge < -0.3 is 4.98 Å². The second-order valence-electron chi connectivity index (χ2n) is 9.54. The third-order valence-electron chi connectivity index (χ3n) is 6.63. The Bertz CT molecular complexity index is 1840. The molecule has 0 aliphatic carbocycles. The Morgan fingerprint density at radius 3 is 2.48 bits per heavy atom. The van der Waals surface area contributed by atoms with E-state index in [1.54, 1.807) is 30.3 Å². The van der Waals surface area contributed by atoms with Gasteiger partial charge in [0.1, 0.15) is 11.1 Å². The number of imidazole rings is 1. The van der Waals surface area contributed by atoms with Crippen molar-refractivity contribution in [2.75, 3.05) is 0 Å². The highest BCUT2D eigenvalue weighted by molar-refractivity contribution is 8.23. The minimum atomic E-state index is -4.89. The summed E-state index contributed by atoms with van der Waals surface area (Å²) in [5.74, 6) is -0.364. The Labute approximate surface area is 244 Å². The maximum absolute atomic E-state index is 13.4. The van der Waals surface area contributed by atoms with E-state index >= 15 is 0 Å². The van der Waals surface area contributed by atoms with E-state index in [-0.39, 0.29) is 18.7 Å². The fourth-order valence-corrected chi connectivity index (χ4v) is 7.51. The third kappa shape index (κ3) is 6.09. The van der Waals surface area contributed by atoms with Crippen LogP contribution in [0.4, 0.5) is 13.2 Å². The first-order chi connectivity index (χ1) is 19.7. The molecule has 2 atom stereocenters. The molecular weight excluding hydrogens is 619 g/mol. The Hall–Kier alpha value is -3.65. The Balaban J connectivity index is 1.50. The van der Waals surface area contributed by atoms with Gasteiger partial charge in [0, 0.05) is 0 Å². The number of rotatable bonds is 7. The summed E-state index contributed by atoms with van der Waals surface area (Å²) in [7, 11) is -7.93. The van der Waals surface area contributed by atoms with Crippen LogP contribution in [0.3, 0.4) is 0 Å². The van der Waals surface area contributed by atoms with Crippen LogP contribution in [0.1, 0.15) is 45.8 Å². The maximum Gasteiger partial charge on any atom is 0.417 e. The van der Waals surface area contributed by atoms with Crippen molar-refractivity contribution in [3.63, 3.8) is 0 Å². The van der Waals surface area contributed by atoms with Crippen molar-refractivity contribution < 1.29 is 35.5 Å². The quantitative estimate of drug-likeness (QED) is 0.175. The molecule has 3 aromatic carbocycles. The summed E-state index contributed by atoms with van der Waals surface area (Å²) in [6.07, 6.45) is -5.03. The number of halogens is 4. The van der Waals surface area contributed by atoms with Crippen molar-refractivity contribution in [1.29, 1.82) is 5.26 Å². The van der Waals surface area contributed by atoms with E-state index < -0.39 is 59.7 Å². The minimum Gasteiger partial charge on any atom is -0.341 e. The number of aromatic nitrogens is 2. The van der Waals surface area contributed by atoms with E-state index in [0.717, 1.165) is 12.1 Å². The standard InChI is InChI=1S/C26H21ClF3N5O5S2/c27-19-7-6-17(11-18(19)26(28,29)30)41(37,38)34-22(25-32-20-8-3-15(13-31)10-21(20)33-25)9-14-1-4-16(5-2-14)23-12-24(36)35-42(23,39)40/h1-8,10-11,22-23,34,39-40H,9,12H2,(H,32,33)(H,35,36)/t22-,23?/m0/s1. The van der Waals surface area contributed by atoms with Gasteiger partial charge in [-0.1, -0.05) is 35.9 Å². The van der Waals surface area contributed by atoms with Crippen molar-refractivity contribution in [3.05, 3.63) is 93.8 Å². The smallest absolute Gasteiger partial charge is 0.341 e. The average Bonchev–Trinajstić information content (AvgIpc) is 3.46. The van der Waals surface area contributed by atoms with Crippen molar-refractivity contribution in [2.45, 2.75) is 35.2 Å². The van der Waals surface area contributed by atoms with Gasteiger partial charge in [-0.25, -0.2) is 18.1 Å². The molecule has 5 rings (SSSR count). The minimum absolute atomic E-state index is 0.0255. The zero-order valence-corrected chi connectivity index (χ0v) is 23.6. The van der Waals surface area contributed by atoms with Gasteiger partial charge in [-0.2, -0.15) is 18.4 Å². The SMILES string of the molecule is N#Cc1ccc2nc([C@H](Cc3ccc(C4CC(=O)NS4(O)O)cc3)NS(=O)(=O)c3ccc(Cl)c(C(F)(F)F)c3)[nH]c2c1. The molecule has 1 fully saturated rings. The molecular formula is C26H21ClF3N5O5S2. The largest absolute Gasteiger partial charge is 0.417 e. The summed E-state index contributed by atoms with van der Waals surface area (Å²) in [5, 5.41) is 7.71. The van der Waals surface area contributed by atoms with E-state index in [0.29, 0.717) is 33.8 Å². The highest BCUT2D eigenvalue weighted by Crippen LogP contribution is 2.56. The fourth-order valence-electron chi connectivity index (χ4n) is 4.58. The van der Waals surface area contributed by atoms with E-state index in [1.165, 1.54) is 12.1 Å². The molecule has 4 aromatic rings. The van der Waals surface area contributed by atoms with Gasteiger partial charge in [0.2, 0.25) is 15.9 Å². The van der Waals surface area contributed by atoms with Crippen LogP contribution < -0.4 is 9.44 Å².